The number of aliphatic hydroxyl groups is 1. The van der Waals surface area contributed by atoms with Gasteiger partial charge in [0.25, 0.3) is 5.91 Å². The average Bonchev–Trinajstić information content (AvgIpc) is 2.48. The van der Waals surface area contributed by atoms with E-state index in [2.05, 4.69) is 30.7 Å². The number of pyridine rings is 1. The summed E-state index contributed by atoms with van der Waals surface area (Å²) >= 11 is 0. The van der Waals surface area contributed by atoms with Gasteiger partial charge in [-0.15, -0.1) is 0 Å². The van der Waals surface area contributed by atoms with Gasteiger partial charge in [0.15, 0.2) is 0 Å². The number of aliphatic hydroxyl groups excluding tert-OH is 1. The molecule has 21 heavy (non-hydrogen) atoms. The first kappa shape index (κ1) is 17.2. The molecule has 1 heterocycles. The van der Waals surface area contributed by atoms with Gasteiger partial charge in [0, 0.05) is 26.4 Å². The third-order valence-corrected chi connectivity index (χ3v) is 2.75. The monoisotopic (exact) mass is 290 g/mol. The highest BCUT2D eigenvalue weighted by atomic mass is 16.5. The predicted molar refractivity (Wildman–Crippen MR) is 80.8 cm³/mol. The average molecular weight is 290 g/mol. The second kappa shape index (κ2) is 9.11. The van der Waals surface area contributed by atoms with Crippen LogP contribution in [0, 0.1) is 17.8 Å². The number of methoxy groups -OCH3 is 1. The molecule has 0 bridgehead atoms. The number of carbonyl (C=O) groups is 1. The maximum Gasteiger partial charge on any atom is 0.273 e. The largest absolute Gasteiger partial charge is 0.384 e. The van der Waals surface area contributed by atoms with Gasteiger partial charge in [-0.05, 0) is 18.1 Å². The predicted octanol–water partition coefficient (Wildman–Crippen LogP) is 1.17. The first-order chi connectivity index (χ1) is 10.1. The van der Waals surface area contributed by atoms with Crippen molar-refractivity contribution in [2.75, 3.05) is 33.4 Å². The Labute approximate surface area is 125 Å². The molecule has 0 saturated heterocycles. The zero-order valence-electron chi connectivity index (χ0n) is 12.8. The first-order valence-electron chi connectivity index (χ1n) is 6.93. The summed E-state index contributed by atoms with van der Waals surface area (Å²) in [7, 11) is 1.61. The van der Waals surface area contributed by atoms with Crippen LogP contribution in [0.15, 0.2) is 18.3 Å². The number of rotatable bonds is 6. The van der Waals surface area contributed by atoms with Crippen molar-refractivity contribution in [3.05, 3.63) is 29.6 Å². The molecule has 0 aliphatic rings. The van der Waals surface area contributed by atoms with Gasteiger partial charge in [0.05, 0.1) is 12.2 Å². The second-order valence-electron chi connectivity index (χ2n) is 5.00. The van der Waals surface area contributed by atoms with Crippen LogP contribution in [0.25, 0.3) is 0 Å². The summed E-state index contributed by atoms with van der Waals surface area (Å²) < 4.78 is 5.06. The minimum Gasteiger partial charge on any atom is -0.384 e. The molecular formula is C16H22N2O3. The van der Waals surface area contributed by atoms with Gasteiger partial charge in [0.2, 0.25) is 0 Å². The molecular weight excluding hydrogens is 268 g/mol. The van der Waals surface area contributed by atoms with Crippen molar-refractivity contribution in [1.82, 2.24) is 9.88 Å². The van der Waals surface area contributed by atoms with E-state index >= 15 is 0 Å². The molecule has 1 aromatic heterocycles. The first-order valence-corrected chi connectivity index (χ1v) is 6.93. The zero-order valence-corrected chi connectivity index (χ0v) is 12.8. The lowest BCUT2D eigenvalue weighted by molar-refractivity contribution is 0.0666. The van der Waals surface area contributed by atoms with Crippen LogP contribution in [0.5, 0.6) is 0 Å². The summed E-state index contributed by atoms with van der Waals surface area (Å²) in [5.74, 6) is 5.50. The van der Waals surface area contributed by atoms with E-state index in [-0.39, 0.29) is 12.5 Å². The van der Waals surface area contributed by atoms with Crippen molar-refractivity contribution in [2.45, 2.75) is 13.8 Å². The van der Waals surface area contributed by atoms with Gasteiger partial charge in [-0.3, -0.25) is 4.79 Å². The molecule has 1 aromatic rings. The Morgan fingerprint density at radius 1 is 1.52 bits per heavy atom. The number of amides is 1. The van der Waals surface area contributed by atoms with Gasteiger partial charge in [-0.1, -0.05) is 25.7 Å². The lowest BCUT2D eigenvalue weighted by Crippen LogP contribution is -2.37. The van der Waals surface area contributed by atoms with Crippen LogP contribution >= 0.6 is 0 Å². The minimum absolute atomic E-state index is 0.163. The number of aromatic nitrogens is 1. The second-order valence-corrected chi connectivity index (χ2v) is 5.00. The molecule has 0 radical (unpaired) electrons. The fourth-order valence-electron chi connectivity index (χ4n) is 1.88. The van der Waals surface area contributed by atoms with Crippen LogP contribution in [0.2, 0.25) is 0 Å². The van der Waals surface area contributed by atoms with Crippen LogP contribution in [0.3, 0.4) is 0 Å². The third-order valence-electron chi connectivity index (χ3n) is 2.75. The minimum atomic E-state index is -0.248. The number of carbonyl (C=O) groups excluding carboxylic acids is 1. The number of ether oxygens (including phenoxy) is 1. The fourth-order valence-corrected chi connectivity index (χ4v) is 1.88. The van der Waals surface area contributed by atoms with Crippen LogP contribution in [-0.2, 0) is 4.74 Å². The van der Waals surface area contributed by atoms with Gasteiger partial charge in [-0.2, -0.15) is 0 Å². The zero-order chi connectivity index (χ0) is 15.7. The van der Waals surface area contributed by atoms with Gasteiger partial charge in [-0.25, -0.2) is 4.98 Å². The number of hydrogen-bond donors (Lipinski definition) is 1. The smallest absolute Gasteiger partial charge is 0.273 e. The molecule has 0 aliphatic carbocycles. The van der Waals surface area contributed by atoms with Gasteiger partial charge < -0.3 is 14.7 Å². The summed E-state index contributed by atoms with van der Waals surface area (Å²) in [4.78, 5) is 18.5. The number of nitrogens with zero attached hydrogens (tertiary/aromatic N) is 2. The molecule has 0 fully saturated rings. The molecule has 0 unspecified atom stereocenters. The Kier molecular flexibility index (Phi) is 7.44. The molecule has 5 nitrogen and oxygen atoms in total. The van der Waals surface area contributed by atoms with Crippen molar-refractivity contribution in [3.63, 3.8) is 0 Å². The Balaban J connectivity index is 3.02. The standard InChI is InChI=1S/C16H22N2O3/c1-13(2)12-18(9-11-21-3)16(20)15-14(7-5-10-19)6-4-8-17-15/h4,6,8,13,19H,9-12H2,1-3H3. The van der Waals surface area contributed by atoms with Gasteiger partial charge in [0.1, 0.15) is 12.3 Å². The molecule has 0 atom stereocenters. The molecule has 0 saturated carbocycles. The Morgan fingerprint density at radius 2 is 2.29 bits per heavy atom. The normalized spacial score (nSPS) is 10.1. The molecule has 1 N–H and O–H groups in total. The van der Waals surface area contributed by atoms with E-state index in [0.717, 1.165) is 0 Å². The van der Waals surface area contributed by atoms with Crippen LogP contribution in [0.4, 0.5) is 0 Å². The summed E-state index contributed by atoms with van der Waals surface area (Å²) in [6.45, 7) is 5.48. The van der Waals surface area contributed by atoms with E-state index < -0.39 is 0 Å². The van der Waals surface area contributed by atoms with Crippen molar-refractivity contribution < 1.29 is 14.6 Å². The summed E-state index contributed by atoms with van der Waals surface area (Å²) in [5.41, 5.74) is 0.845. The molecule has 0 aliphatic heterocycles. The lowest BCUT2D eigenvalue weighted by Gasteiger charge is -2.24. The Bertz CT molecular complexity index is 518. The van der Waals surface area contributed by atoms with Crippen LogP contribution < -0.4 is 0 Å². The van der Waals surface area contributed by atoms with Crippen molar-refractivity contribution >= 4 is 5.91 Å². The molecule has 0 spiro atoms. The van der Waals surface area contributed by atoms with Gasteiger partial charge >= 0.3 is 0 Å². The van der Waals surface area contributed by atoms with E-state index in [9.17, 15) is 4.79 Å². The van der Waals surface area contributed by atoms with Crippen LogP contribution in [0.1, 0.15) is 29.9 Å². The topological polar surface area (TPSA) is 62.7 Å². The number of hydrogen-bond acceptors (Lipinski definition) is 4. The molecule has 1 amide bonds. The lowest BCUT2D eigenvalue weighted by atomic mass is 10.1. The quantitative estimate of drug-likeness (QED) is 0.799. The Morgan fingerprint density at radius 3 is 2.90 bits per heavy atom. The summed E-state index contributed by atoms with van der Waals surface area (Å²) in [5, 5.41) is 8.80. The SMILES string of the molecule is COCCN(CC(C)C)C(=O)c1ncccc1C#CCO. The maximum absolute atomic E-state index is 12.6. The molecule has 1 rings (SSSR count). The highest BCUT2D eigenvalue weighted by molar-refractivity contribution is 5.94. The van der Waals surface area contributed by atoms with E-state index in [4.69, 9.17) is 9.84 Å². The molecule has 5 heteroatoms. The maximum atomic E-state index is 12.6. The van der Waals surface area contributed by atoms with E-state index in [1.807, 2.05) is 0 Å². The van der Waals surface area contributed by atoms with Crippen LogP contribution in [-0.4, -0.2) is 54.3 Å². The van der Waals surface area contributed by atoms with E-state index in [1.165, 1.54) is 0 Å². The highest BCUT2D eigenvalue weighted by Gasteiger charge is 2.20. The summed E-state index contributed by atoms with van der Waals surface area (Å²) in [6.07, 6.45) is 1.57. The molecule has 114 valence electrons. The van der Waals surface area contributed by atoms with E-state index in [0.29, 0.717) is 36.9 Å². The molecule has 0 aromatic carbocycles. The third kappa shape index (κ3) is 5.54. The van der Waals surface area contributed by atoms with Crippen molar-refractivity contribution in [3.8, 4) is 11.8 Å². The Hall–Kier alpha value is -1.90. The van der Waals surface area contributed by atoms with E-state index in [1.54, 1.807) is 30.3 Å². The highest BCUT2D eigenvalue weighted by Crippen LogP contribution is 2.10. The fraction of sp³-hybridized carbons (Fsp3) is 0.500. The van der Waals surface area contributed by atoms with Crippen molar-refractivity contribution in [1.29, 1.82) is 0 Å². The van der Waals surface area contributed by atoms with Crippen molar-refractivity contribution in [2.24, 2.45) is 5.92 Å². The summed E-state index contributed by atoms with van der Waals surface area (Å²) in [6, 6.07) is 3.45.